The lowest BCUT2D eigenvalue weighted by Gasteiger charge is -2.27. The second-order valence-corrected chi connectivity index (χ2v) is 6.37. The fourth-order valence-corrected chi connectivity index (χ4v) is 3.02. The smallest absolute Gasteiger partial charge is 0.250 e. The average molecular weight is 371 g/mol. The Hall–Kier alpha value is -3.99. The number of piperidine rings is 1. The summed E-state index contributed by atoms with van der Waals surface area (Å²) >= 11 is 0. The Morgan fingerprint density at radius 3 is 1.89 bits per heavy atom. The van der Waals surface area contributed by atoms with Gasteiger partial charge in [0, 0.05) is 46.8 Å². The van der Waals surface area contributed by atoms with E-state index in [1.54, 1.807) is 36.2 Å². The number of likely N-dealkylation sites (tertiary alicyclic amines) is 1. The molecule has 28 heavy (non-hydrogen) atoms. The normalized spacial score (nSPS) is 16.6. The highest BCUT2D eigenvalue weighted by molar-refractivity contribution is 5.99. The molecule has 1 heterocycles. The number of amides is 1. The number of carbonyl (C=O) groups is 1. The third-order valence-corrected chi connectivity index (χ3v) is 4.30. The maximum absolute atomic E-state index is 12.5. The van der Waals surface area contributed by atoms with Crippen LogP contribution in [0, 0.1) is 0 Å². The number of nitrogens with zero attached hydrogens (tertiary/aromatic N) is 7. The molecular weight excluding hydrogens is 354 g/mol. The van der Waals surface area contributed by atoms with E-state index in [-0.39, 0.29) is 5.91 Å². The van der Waals surface area contributed by atoms with Gasteiger partial charge in [0.15, 0.2) is 0 Å². The van der Waals surface area contributed by atoms with Crippen molar-refractivity contribution in [3.05, 3.63) is 91.7 Å². The number of hydrogen-bond acceptors (Lipinski definition) is 3. The number of rotatable bonds is 4. The minimum Gasteiger partial charge on any atom is -0.338 e. The van der Waals surface area contributed by atoms with Crippen molar-refractivity contribution in [3.8, 4) is 0 Å². The van der Waals surface area contributed by atoms with Crippen LogP contribution in [0.1, 0.15) is 17.5 Å². The summed E-state index contributed by atoms with van der Waals surface area (Å²) < 4.78 is 0. The number of azide groups is 2. The van der Waals surface area contributed by atoms with E-state index in [0.29, 0.717) is 29.9 Å². The van der Waals surface area contributed by atoms with E-state index in [1.807, 2.05) is 36.4 Å². The Kier molecular flexibility index (Phi) is 5.77. The minimum absolute atomic E-state index is 0.00465. The van der Waals surface area contributed by atoms with Crippen molar-refractivity contribution >= 4 is 29.4 Å². The van der Waals surface area contributed by atoms with Gasteiger partial charge in [-0.25, -0.2) is 0 Å². The molecule has 3 rings (SSSR count). The Morgan fingerprint density at radius 1 is 0.893 bits per heavy atom. The van der Waals surface area contributed by atoms with Gasteiger partial charge in [0.05, 0.1) is 0 Å². The van der Waals surface area contributed by atoms with E-state index in [2.05, 4.69) is 20.1 Å². The Bertz CT molecular complexity index is 1040. The molecule has 138 valence electrons. The molecule has 8 heteroatoms. The molecule has 0 N–H and O–H groups in total. The van der Waals surface area contributed by atoms with Gasteiger partial charge >= 0.3 is 0 Å². The van der Waals surface area contributed by atoms with Crippen LogP contribution in [0.4, 0.5) is 11.4 Å². The van der Waals surface area contributed by atoms with Gasteiger partial charge in [-0.05, 0) is 33.8 Å². The number of benzene rings is 2. The fourth-order valence-electron chi connectivity index (χ4n) is 3.02. The van der Waals surface area contributed by atoms with Gasteiger partial charge in [-0.1, -0.05) is 64.8 Å². The molecule has 1 aliphatic heterocycles. The first-order chi connectivity index (χ1) is 13.6. The van der Waals surface area contributed by atoms with Gasteiger partial charge in [0.1, 0.15) is 0 Å². The SMILES string of the molecule is CN1CC(=Cc2ccc(N=[N+]=[N-])cc2)CC(=Cc2ccc(N=[N+]=[N-])cc2)C1=O. The van der Waals surface area contributed by atoms with Gasteiger partial charge < -0.3 is 4.90 Å². The van der Waals surface area contributed by atoms with Crippen LogP contribution in [-0.2, 0) is 4.79 Å². The number of carbonyl (C=O) groups excluding carboxylic acids is 1. The molecule has 1 fully saturated rings. The molecule has 0 radical (unpaired) electrons. The first-order valence-electron chi connectivity index (χ1n) is 8.55. The molecule has 2 aromatic rings. The minimum atomic E-state index is -0.00465. The summed E-state index contributed by atoms with van der Waals surface area (Å²) in [7, 11) is 1.78. The zero-order chi connectivity index (χ0) is 19.9. The molecule has 1 saturated heterocycles. The van der Waals surface area contributed by atoms with E-state index >= 15 is 0 Å². The van der Waals surface area contributed by atoms with E-state index < -0.39 is 0 Å². The lowest BCUT2D eigenvalue weighted by Crippen LogP contribution is -2.34. The second-order valence-electron chi connectivity index (χ2n) is 6.37. The Labute approximate surface area is 161 Å². The maximum Gasteiger partial charge on any atom is 0.250 e. The monoisotopic (exact) mass is 371 g/mol. The maximum atomic E-state index is 12.5. The summed E-state index contributed by atoms with van der Waals surface area (Å²) in [5.74, 6) is -0.00465. The molecule has 1 amide bonds. The highest BCUT2D eigenvalue weighted by Crippen LogP contribution is 2.26. The number of likely N-dealkylation sites (N-methyl/N-ethyl adjacent to an activating group) is 1. The molecule has 1 aliphatic rings. The van der Waals surface area contributed by atoms with Crippen molar-refractivity contribution in [3.63, 3.8) is 0 Å². The van der Waals surface area contributed by atoms with Crippen molar-refractivity contribution in [2.75, 3.05) is 13.6 Å². The molecule has 8 nitrogen and oxygen atoms in total. The summed E-state index contributed by atoms with van der Waals surface area (Å²) in [6, 6.07) is 14.3. The zero-order valence-electron chi connectivity index (χ0n) is 15.2. The van der Waals surface area contributed by atoms with Crippen LogP contribution in [0.15, 0.2) is 69.9 Å². The highest BCUT2D eigenvalue weighted by Gasteiger charge is 2.23. The molecule has 2 aromatic carbocycles. The van der Waals surface area contributed by atoms with Gasteiger partial charge in [-0.15, -0.1) is 0 Å². The van der Waals surface area contributed by atoms with Crippen LogP contribution in [0.5, 0.6) is 0 Å². The molecule has 0 aliphatic carbocycles. The van der Waals surface area contributed by atoms with Crippen molar-refractivity contribution in [1.29, 1.82) is 0 Å². The topological polar surface area (TPSA) is 118 Å². The van der Waals surface area contributed by atoms with Crippen LogP contribution < -0.4 is 0 Å². The molecular formula is C20H17N7O. The fraction of sp³-hybridized carbons (Fsp3) is 0.150. The summed E-state index contributed by atoms with van der Waals surface area (Å²) in [5.41, 5.74) is 21.7. The van der Waals surface area contributed by atoms with E-state index in [0.717, 1.165) is 16.7 Å². The average Bonchev–Trinajstić information content (AvgIpc) is 2.69. The van der Waals surface area contributed by atoms with Crippen molar-refractivity contribution < 1.29 is 4.79 Å². The first kappa shape index (κ1) is 18.8. The number of hydrogen-bond donors (Lipinski definition) is 0. The van der Waals surface area contributed by atoms with Crippen molar-refractivity contribution in [2.24, 2.45) is 10.2 Å². The van der Waals surface area contributed by atoms with Gasteiger partial charge in [0.2, 0.25) is 5.91 Å². The molecule has 0 aromatic heterocycles. The molecule has 0 spiro atoms. The van der Waals surface area contributed by atoms with E-state index in [9.17, 15) is 4.79 Å². The molecule has 0 bridgehead atoms. The summed E-state index contributed by atoms with van der Waals surface area (Å²) in [4.78, 5) is 19.7. The van der Waals surface area contributed by atoms with Crippen molar-refractivity contribution in [2.45, 2.75) is 6.42 Å². The summed E-state index contributed by atoms with van der Waals surface area (Å²) in [6.07, 6.45) is 4.46. The quantitative estimate of drug-likeness (QED) is 0.283. The molecule has 0 unspecified atom stereocenters. The predicted octanol–water partition coefficient (Wildman–Crippen LogP) is 5.90. The van der Waals surface area contributed by atoms with Crippen LogP contribution in [0.25, 0.3) is 33.0 Å². The lowest BCUT2D eigenvalue weighted by atomic mass is 9.95. The Balaban J connectivity index is 1.84. The highest BCUT2D eigenvalue weighted by atomic mass is 16.2. The standard InChI is InChI=1S/C20H17N7O/c1-27-13-16(10-14-2-6-18(7-3-14)23-25-21)12-17(20(27)28)11-15-4-8-19(9-5-15)24-26-22/h2-11H,12-13H2,1H3. The summed E-state index contributed by atoms with van der Waals surface area (Å²) in [5, 5.41) is 7.11. The van der Waals surface area contributed by atoms with Crippen LogP contribution in [0.2, 0.25) is 0 Å². The van der Waals surface area contributed by atoms with Crippen LogP contribution in [0.3, 0.4) is 0 Å². The molecule has 0 saturated carbocycles. The second kappa shape index (κ2) is 8.60. The lowest BCUT2D eigenvalue weighted by molar-refractivity contribution is -0.126. The Morgan fingerprint density at radius 2 is 1.39 bits per heavy atom. The first-order valence-corrected chi connectivity index (χ1v) is 8.55. The predicted molar refractivity (Wildman–Crippen MR) is 109 cm³/mol. The third-order valence-electron chi connectivity index (χ3n) is 4.30. The van der Waals surface area contributed by atoms with Crippen LogP contribution in [-0.4, -0.2) is 24.4 Å². The third kappa shape index (κ3) is 4.59. The van der Waals surface area contributed by atoms with Gasteiger partial charge in [-0.2, -0.15) is 0 Å². The van der Waals surface area contributed by atoms with Crippen molar-refractivity contribution in [1.82, 2.24) is 4.90 Å². The van der Waals surface area contributed by atoms with E-state index in [1.165, 1.54) is 0 Å². The van der Waals surface area contributed by atoms with E-state index in [4.69, 9.17) is 11.1 Å². The largest absolute Gasteiger partial charge is 0.338 e. The van der Waals surface area contributed by atoms with Gasteiger partial charge in [-0.3, -0.25) is 4.79 Å². The van der Waals surface area contributed by atoms with Crippen LogP contribution >= 0.6 is 0 Å². The van der Waals surface area contributed by atoms with Gasteiger partial charge in [0.25, 0.3) is 0 Å². The summed E-state index contributed by atoms with van der Waals surface area (Å²) in [6.45, 7) is 0.560. The zero-order valence-corrected chi connectivity index (χ0v) is 15.2. The molecule has 0 atom stereocenters.